The molecule has 0 bridgehead atoms. The van der Waals surface area contributed by atoms with E-state index in [-0.39, 0.29) is 0 Å². The first-order valence-corrected chi connectivity index (χ1v) is 6.79. The fourth-order valence-electron chi connectivity index (χ4n) is 1.98. The number of para-hydroxylation sites is 1. The van der Waals surface area contributed by atoms with Crippen LogP contribution in [0.2, 0.25) is 0 Å². The summed E-state index contributed by atoms with van der Waals surface area (Å²) in [6.45, 7) is 2.89. The first-order chi connectivity index (χ1) is 9.65. The SMILES string of the molecule is Cc1ccc(N(C)CC(O)COc2ccccc2)cc1. The second-order valence-electron chi connectivity index (χ2n) is 4.99. The van der Waals surface area contributed by atoms with Crippen LogP contribution in [0.1, 0.15) is 5.56 Å². The minimum atomic E-state index is -0.526. The highest BCUT2D eigenvalue weighted by Gasteiger charge is 2.09. The van der Waals surface area contributed by atoms with Crippen LogP contribution in [0, 0.1) is 6.92 Å². The Morgan fingerprint density at radius 2 is 1.70 bits per heavy atom. The lowest BCUT2D eigenvalue weighted by Crippen LogP contribution is -2.33. The summed E-state index contributed by atoms with van der Waals surface area (Å²) >= 11 is 0. The number of aryl methyl sites for hydroxylation is 1. The number of benzene rings is 2. The number of ether oxygens (including phenoxy) is 1. The van der Waals surface area contributed by atoms with E-state index in [1.54, 1.807) is 0 Å². The van der Waals surface area contributed by atoms with Gasteiger partial charge in [-0.25, -0.2) is 0 Å². The molecular formula is C17H21NO2. The Hall–Kier alpha value is -2.00. The third-order valence-electron chi connectivity index (χ3n) is 3.14. The van der Waals surface area contributed by atoms with Crippen molar-refractivity contribution in [3.8, 4) is 5.75 Å². The molecule has 2 aromatic rings. The molecule has 3 heteroatoms. The predicted molar refractivity (Wildman–Crippen MR) is 82.4 cm³/mol. The van der Waals surface area contributed by atoms with Gasteiger partial charge >= 0.3 is 0 Å². The van der Waals surface area contributed by atoms with Crippen molar-refractivity contribution in [1.29, 1.82) is 0 Å². The van der Waals surface area contributed by atoms with E-state index in [2.05, 4.69) is 31.2 Å². The van der Waals surface area contributed by atoms with Crippen LogP contribution in [0.4, 0.5) is 5.69 Å². The highest BCUT2D eigenvalue weighted by Crippen LogP contribution is 2.14. The van der Waals surface area contributed by atoms with Crippen LogP contribution in [-0.2, 0) is 0 Å². The Bertz CT molecular complexity index is 510. The number of rotatable bonds is 6. The molecule has 3 nitrogen and oxygen atoms in total. The van der Waals surface area contributed by atoms with E-state index in [9.17, 15) is 5.11 Å². The van der Waals surface area contributed by atoms with Gasteiger partial charge < -0.3 is 14.7 Å². The van der Waals surface area contributed by atoms with Gasteiger partial charge in [0.2, 0.25) is 0 Å². The van der Waals surface area contributed by atoms with E-state index in [1.165, 1.54) is 5.56 Å². The van der Waals surface area contributed by atoms with Crippen LogP contribution in [0.3, 0.4) is 0 Å². The standard InChI is InChI=1S/C17H21NO2/c1-14-8-10-15(11-9-14)18(2)12-16(19)13-20-17-6-4-3-5-7-17/h3-11,16,19H,12-13H2,1-2H3. The highest BCUT2D eigenvalue weighted by molar-refractivity contribution is 5.46. The fraction of sp³-hybridized carbons (Fsp3) is 0.294. The van der Waals surface area contributed by atoms with E-state index in [0.717, 1.165) is 11.4 Å². The third kappa shape index (κ3) is 4.28. The lowest BCUT2D eigenvalue weighted by atomic mass is 10.2. The second-order valence-corrected chi connectivity index (χ2v) is 4.99. The van der Waals surface area contributed by atoms with Crippen molar-refractivity contribution in [2.24, 2.45) is 0 Å². The first kappa shape index (κ1) is 14.4. The molecule has 0 saturated carbocycles. The van der Waals surface area contributed by atoms with Crippen LogP contribution >= 0.6 is 0 Å². The summed E-state index contributed by atoms with van der Waals surface area (Å²) in [7, 11) is 1.97. The molecule has 0 saturated heterocycles. The summed E-state index contributed by atoms with van der Waals surface area (Å²) in [5.74, 6) is 0.782. The van der Waals surface area contributed by atoms with E-state index in [1.807, 2.05) is 42.3 Å². The molecule has 0 aliphatic rings. The van der Waals surface area contributed by atoms with E-state index in [0.29, 0.717) is 13.2 Å². The monoisotopic (exact) mass is 271 g/mol. The van der Waals surface area contributed by atoms with Gasteiger partial charge in [-0.3, -0.25) is 0 Å². The van der Waals surface area contributed by atoms with Crippen molar-refractivity contribution in [3.63, 3.8) is 0 Å². The van der Waals surface area contributed by atoms with Gasteiger partial charge in [-0.15, -0.1) is 0 Å². The molecule has 0 aromatic heterocycles. The van der Waals surface area contributed by atoms with Gasteiger partial charge in [0, 0.05) is 19.3 Å². The number of aliphatic hydroxyl groups is 1. The Morgan fingerprint density at radius 1 is 1.05 bits per heavy atom. The lowest BCUT2D eigenvalue weighted by Gasteiger charge is -2.23. The third-order valence-corrected chi connectivity index (χ3v) is 3.14. The Balaban J connectivity index is 1.82. The second kappa shape index (κ2) is 6.96. The molecule has 0 heterocycles. The normalized spacial score (nSPS) is 11.9. The topological polar surface area (TPSA) is 32.7 Å². The molecule has 2 aromatic carbocycles. The molecule has 1 N–H and O–H groups in total. The number of likely N-dealkylation sites (N-methyl/N-ethyl adjacent to an activating group) is 1. The van der Waals surface area contributed by atoms with Gasteiger partial charge in [-0.1, -0.05) is 35.9 Å². The summed E-state index contributed by atoms with van der Waals surface area (Å²) in [5, 5.41) is 10.0. The molecule has 1 atom stereocenters. The summed E-state index contributed by atoms with van der Waals surface area (Å²) < 4.78 is 5.55. The number of nitrogens with zero attached hydrogens (tertiary/aromatic N) is 1. The summed E-state index contributed by atoms with van der Waals surface area (Å²) in [4.78, 5) is 2.03. The molecule has 20 heavy (non-hydrogen) atoms. The van der Waals surface area contributed by atoms with E-state index >= 15 is 0 Å². The minimum absolute atomic E-state index is 0.292. The largest absolute Gasteiger partial charge is 0.491 e. The van der Waals surface area contributed by atoms with Gasteiger partial charge in [0.15, 0.2) is 0 Å². The average Bonchev–Trinajstić information content (AvgIpc) is 2.47. The quantitative estimate of drug-likeness (QED) is 0.877. The van der Waals surface area contributed by atoms with Crippen molar-refractivity contribution in [1.82, 2.24) is 0 Å². The van der Waals surface area contributed by atoms with Gasteiger partial charge in [-0.05, 0) is 31.2 Å². The van der Waals surface area contributed by atoms with Gasteiger partial charge in [0.1, 0.15) is 18.5 Å². The maximum atomic E-state index is 10.0. The Kier molecular flexibility index (Phi) is 5.02. The smallest absolute Gasteiger partial charge is 0.119 e. The number of aliphatic hydroxyl groups excluding tert-OH is 1. The van der Waals surface area contributed by atoms with Crippen LogP contribution < -0.4 is 9.64 Å². The average molecular weight is 271 g/mol. The summed E-state index contributed by atoms with van der Waals surface area (Å²) in [6, 6.07) is 17.8. The molecule has 0 spiro atoms. The van der Waals surface area contributed by atoms with Crippen molar-refractivity contribution in [3.05, 3.63) is 60.2 Å². The number of hydrogen-bond acceptors (Lipinski definition) is 3. The van der Waals surface area contributed by atoms with Crippen molar-refractivity contribution in [2.45, 2.75) is 13.0 Å². The molecule has 0 radical (unpaired) electrons. The summed E-state index contributed by atoms with van der Waals surface area (Å²) in [5.41, 5.74) is 2.32. The molecule has 0 fully saturated rings. The Morgan fingerprint density at radius 3 is 2.35 bits per heavy atom. The highest BCUT2D eigenvalue weighted by atomic mass is 16.5. The molecule has 0 aliphatic heterocycles. The van der Waals surface area contributed by atoms with Crippen LogP contribution in [0.25, 0.3) is 0 Å². The Labute approximate surface area is 120 Å². The molecule has 2 rings (SSSR count). The number of hydrogen-bond donors (Lipinski definition) is 1. The fourth-order valence-corrected chi connectivity index (χ4v) is 1.98. The zero-order valence-corrected chi connectivity index (χ0v) is 12.0. The zero-order valence-electron chi connectivity index (χ0n) is 12.0. The molecule has 0 amide bonds. The predicted octanol–water partition coefficient (Wildman–Crippen LogP) is 2.87. The first-order valence-electron chi connectivity index (χ1n) is 6.79. The van der Waals surface area contributed by atoms with Crippen LogP contribution in [-0.4, -0.2) is 31.4 Å². The minimum Gasteiger partial charge on any atom is -0.491 e. The summed E-state index contributed by atoms with van der Waals surface area (Å²) in [6.07, 6.45) is -0.526. The lowest BCUT2D eigenvalue weighted by molar-refractivity contribution is 0.113. The van der Waals surface area contributed by atoms with Crippen LogP contribution in [0.15, 0.2) is 54.6 Å². The molecule has 106 valence electrons. The van der Waals surface area contributed by atoms with Crippen molar-refractivity contribution >= 4 is 5.69 Å². The zero-order chi connectivity index (χ0) is 14.4. The molecule has 1 unspecified atom stereocenters. The van der Waals surface area contributed by atoms with Gasteiger partial charge in [0.25, 0.3) is 0 Å². The van der Waals surface area contributed by atoms with Crippen LogP contribution in [0.5, 0.6) is 5.75 Å². The molecular weight excluding hydrogens is 250 g/mol. The van der Waals surface area contributed by atoms with Crippen molar-refractivity contribution in [2.75, 3.05) is 25.1 Å². The number of anilines is 1. The maximum Gasteiger partial charge on any atom is 0.119 e. The van der Waals surface area contributed by atoms with Crippen molar-refractivity contribution < 1.29 is 9.84 Å². The van der Waals surface area contributed by atoms with Gasteiger partial charge in [0.05, 0.1) is 0 Å². The van der Waals surface area contributed by atoms with E-state index in [4.69, 9.17) is 4.74 Å². The maximum absolute atomic E-state index is 10.0. The van der Waals surface area contributed by atoms with E-state index < -0.39 is 6.10 Å². The molecule has 0 aliphatic carbocycles. The van der Waals surface area contributed by atoms with Gasteiger partial charge in [-0.2, -0.15) is 0 Å².